The fourth-order valence-electron chi connectivity index (χ4n) is 5.54. The molecule has 3 aromatic rings. The minimum Gasteiger partial charge on any atom is -0.384 e. The summed E-state index contributed by atoms with van der Waals surface area (Å²) in [4.78, 5) is 53.4. The first-order valence-corrected chi connectivity index (χ1v) is 15.9. The van der Waals surface area contributed by atoms with Gasteiger partial charge in [0.2, 0.25) is 5.91 Å². The smallest absolute Gasteiger partial charge is 0.277 e. The van der Waals surface area contributed by atoms with Gasteiger partial charge in [0.15, 0.2) is 0 Å². The second-order valence-electron chi connectivity index (χ2n) is 12.2. The molecule has 5 rings (SSSR count). The van der Waals surface area contributed by atoms with Gasteiger partial charge in [-0.1, -0.05) is 80.6 Å². The summed E-state index contributed by atoms with van der Waals surface area (Å²) in [5.41, 5.74) is 2.28. The first kappa shape index (κ1) is 32.1. The Morgan fingerprint density at radius 1 is 1.02 bits per heavy atom. The number of rotatable bonds is 10. The number of carbonyl (C=O) groups excluding carboxylic acids is 3. The molecule has 0 aliphatic carbocycles. The predicted octanol–water partition coefficient (Wildman–Crippen LogP) is 4.40. The first-order chi connectivity index (χ1) is 21.5. The zero-order valence-electron chi connectivity index (χ0n) is 26.0. The van der Waals surface area contributed by atoms with Crippen molar-refractivity contribution >= 4 is 40.2 Å². The summed E-state index contributed by atoms with van der Waals surface area (Å²) in [7, 11) is 0. The number of hydrogen-bond donors (Lipinski definition) is 2. The molecule has 234 valence electrons. The Kier molecular flexibility index (Phi) is 9.84. The second kappa shape index (κ2) is 13.8. The number of pyridine rings is 1. The maximum absolute atomic E-state index is 14.2. The molecule has 0 fully saturated rings. The maximum atomic E-state index is 14.2. The molecule has 3 amide bonds. The van der Waals surface area contributed by atoms with Gasteiger partial charge in [0, 0.05) is 17.1 Å². The molecular formula is C35H39N5O4S. The number of nitrogens with zero attached hydrogens (tertiary/aromatic N) is 4. The Bertz CT molecular complexity index is 1580. The Hall–Kier alpha value is -4.28. The molecule has 2 aromatic carbocycles. The van der Waals surface area contributed by atoms with E-state index in [1.54, 1.807) is 30.6 Å². The minimum atomic E-state index is -1.02. The predicted molar refractivity (Wildman–Crippen MR) is 177 cm³/mol. The highest BCUT2D eigenvalue weighted by Gasteiger charge is 2.42. The normalized spacial score (nSPS) is 19.2. The van der Waals surface area contributed by atoms with Crippen LogP contribution in [0.4, 0.5) is 0 Å². The summed E-state index contributed by atoms with van der Waals surface area (Å²) in [5.74, 6) is -1.45. The van der Waals surface area contributed by atoms with Crippen LogP contribution in [0.15, 0.2) is 96.3 Å². The fraction of sp³-hybridized carbons (Fsp3) is 0.343. The molecule has 1 aromatic heterocycles. The van der Waals surface area contributed by atoms with Crippen molar-refractivity contribution in [2.24, 2.45) is 10.9 Å². The molecule has 45 heavy (non-hydrogen) atoms. The van der Waals surface area contributed by atoms with Gasteiger partial charge in [0.25, 0.3) is 11.8 Å². The number of aliphatic imine (C=N–C) groups is 1. The molecule has 3 heterocycles. The molecule has 2 N–H and O–H groups in total. The molecule has 3 atom stereocenters. The van der Waals surface area contributed by atoms with Crippen LogP contribution >= 0.6 is 11.8 Å². The van der Waals surface area contributed by atoms with E-state index in [2.05, 4.69) is 29.1 Å². The van der Waals surface area contributed by atoms with Gasteiger partial charge in [-0.25, -0.2) is 0 Å². The van der Waals surface area contributed by atoms with Crippen molar-refractivity contribution in [1.29, 1.82) is 0 Å². The van der Waals surface area contributed by atoms with Crippen LogP contribution in [0.25, 0.3) is 5.70 Å². The Balaban J connectivity index is 1.45. The van der Waals surface area contributed by atoms with Gasteiger partial charge in [0.1, 0.15) is 24.4 Å². The lowest BCUT2D eigenvalue weighted by molar-refractivity contribution is -0.138. The van der Waals surface area contributed by atoms with Crippen molar-refractivity contribution < 1.29 is 19.5 Å². The third-order valence-corrected chi connectivity index (χ3v) is 9.03. The summed E-state index contributed by atoms with van der Waals surface area (Å²) in [6.07, 6.45) is 2.55. The minimum absolute atomic E-state index is 0.141. The molecule has 9 nitrogen and oxygen atoms in total. The van der Waals surface area contributed by atoms with Gasteiger partial charge >= 0.3 is 0 Å². The molecule has 10 heteroatoms. The van der Waals surface area contributed by atoms with Crippen LogP contribution < -0.4 is 5.32 Å². The Morgan fingerprint density at radius 3 is 2.29 bits per heavy atom. The number of aromatic nitrogens is 1. The average molecular weight is 626 g/mol. The van der Waals surface area contributed by atoms with Gasteiger partial charge in [-0.15, -0.1) is 11.8 Å². The lowest BCUT2D eigenvalue weighted by Crippen LogP contribution is -2.57. The fourth-order valence-corrected chi connectivity index (χ4v) is 6.65. The van der Waals surface area contributed by atoms with Crippen molar-refractivity contribution in [3.05, 3.63) is 108 Å². The number of amides is 3. The lowest BCUT2D eigenvalue weighted by Gasteiger charge is -2.41. The standard InChI is InChI=1S/C35H39N5O4S/c1-23(2)30-34(44)39(28(25-15-9-6-10-16-25)20-40(30)33(43)26-17-11-12-18-36-26)21-29(41)38-27(19-24-13-7-5-8-14-24)31(42)32-37-22-35(3,4)45-32/h5-18,20,23,27,30-31,42H,19,21-22H2,1-4H3,(H,38,41)/t27-,30+,31?/m0/s1. The van der Waals surface area contributed by atoms with E-state index in [9.17, 15) is 19.5 Å². The van der Waals surface area contributed by atoms with Gasteiger partial charge in [-0.2, -0.15) is 0 Å². The van der Waals surface area contributed by atoms with Crippen LogP contribution in [0.5, 0.6) is 0 Å². The highest BCUT2D eigenvalue weighted by Crippen LogP contribution is 2.34. The summed E-state index contributed by atoms with van der Waals surface area (Å²) in [6, 6.07) is 22.4. The van der Waals surface area contributed by atoms with Crippen LogP contribution in [0.1, 0.15) is 49.3 Å². The Morgan fingerprint density at radius 2 is 1.69 bits per heavy atom. The van der Waals surface area contributed by atoms with Crippen LogP contribution in [-0.4, -0.2) is 78.7 Å². The first-order valence-electron chi connectivity index (χ1n) is 15.1. The van der Waals surface area contributed by atoms with Gasteiger partial charge in [-0.3, -0.25) is 34.2 Å². The summed E-state index contributed by atoms with van der Waals surface area (Å²) < 4.78 is -0.141. The molecule has 2 aliphatic rings. The Labute approximate surface area is 268 Å². The zero-order valence-corrected chi connectivity index (χ0v) is 26.8. The zero-order chi connectivity index (χ0) is 32.1. The molecule has 1 unspecified atom stereocenters. The molecule has 0 radical (unpaired) electrons. The van der Waals surface area contributed by atoms with E-state index in [-0.39, 0.29) is 28.8 Å². The van der Waals surface area contributed by atoms with Crippen molar-refractivity contribution in [1.82, 2.24) is 20.1 Å². The van der Waals surface area contributed by atoms with E-state index in [4.69, 9.17) is 0 Å². The molecule has 0 spiro atoms. The number of hydrogen-bond acceptors (Lipinski definition) is 7. The number of aliphatic hydroxyl groups excluding tert-OH is 1. The monoisotopic (exact) mass is 625 g/mol. The lowest BCUT2D eigenvalue weighted by atomic mass is 9.96. The third-order valence-electron chi connectivity index (χ3n) is 7.77. The highest BCUT2D eigenvalue weighted by molar-refractivity contribution is 8.15. The number of carbonyl (C=O) groups is 3. The molecule has 2 aliphatic heterocycles. The van der Waals surface area contributed by atoms with Gasteiger partial charge in [-0.05, 0) is 49.4 Å². The molecule has 0 saturated heterocycles. The molecule has 0 saturated carbocycles. The van der Waals surface area contributed by atoms with E-state index in [0.717, 1.165) is 5.56 Å². The van der Waals surface area contributed by atoms with E-state index >= 15 is 0 Å². The number of benzene rings is 2. The van der Waals surface area contributed by atoms with Crippen LogP contribution in [0.3, 0.4) is 0 Å². The second-order valence-corrected chi connectivity index (χ2v) is 14.0. The maximum Gasteiger partial charge on any atom is 0.277 e. The molecule has 0 bridgehead atoms. The number of thioether (sulfide) groups is 1. The third kappa shape index (κ3) is 7.51. The number of aliphatic hydroxyl groups is 1. The van der Waals surface area contributed by atoms with Crippen molar-refractivity contribution in [2.75, 3.05) is 13.1 Å². The SMILES string of the molecule is CC(C)[C@@H]1C(=O)N(CC(=O)N[C@@H](Cc2ccccc2)C(O)C2=NCC(C)(C)S2)C(c2ccccc2)=CN1C(=O)c1ccccn1. The van der Waals surface area contributed by atoms with Gasteiger partial charge < -0.3 is 10.4 Å². The molecular weight excluding hydrogens is 586 g/mol. The van der Waals surface area contributed by atoms with Crippen LogP contribution in [-0.2, 0) is 16.0 Å². The van der Waals surface area contributed by atoms with Crippen LogP contribution in [0, 0.1) is 5.92 Å². The van der Waals surface area contributed by atoms with Crippen LogP contribution in [0.2, 0.25) is 0 Å². The summed E-state index contributed by atoms with van der Waals surface area (Å²) in [5, 5.41) is 15.1. The van der Waals surface area contributed by atoms with E-state index in [1.165, 1.54) is 21.6 Å². The number of nitrogens with one attached hydrogen (secondary N) is 1. The van der Waals surface area contributed by atoms with E-state index in [0.29, 0.717) is 29.3 Å². The van der Waals surface area contributed by atoms with Crippen molar-refractivity contribution in [3.63, 3.8) is 0 Å². The highest BCUT2D eigenvalue weighted by atomic mass is 32.2. The average Bonchev–Trinajstić information content (AvgIpc) is 3.41. The van der Waals surface area contributed by atoms with Gasteiger partial charge in [0.05, 0.1) is 23.3 Å². The van der Waals surface area contributed by atoms with Crippen molar-refractivity contribution in [3.8, 4) is 0 Å². The topological polar surface area (TPSA) is 115 Å². The van der Waals surface area contributed by atoms with E-state index < -0.39 is 30.0 Å². The van der Waals surface area contributed by atoms with E-state index in [1.807, 2.05) is 74.5 Å². The summed E-state index contributed by atoms with van der Waals surface area (Å²) >= 11 is 1.51. The summed E-state index contributed by atoms with van der Waals surface area (Å²) in [6.45, 7) is 8.16. The quantitative estimate of drug-likeness (QED) is 0.345. The largest absolute Gasteiger partial charge is 0.384 e. The van der Waals surface area contributed by atoms with Crippen molar-refractivity contribution in [2.45, 2.75) is 57.1 Å².